The standard InChI is InChI=1S/C21H18F2O3/c1-13-17(4-3-5-18(13)23)21(20(25)26-2)11-15(19(24)12-21)10-14-6-8-16(22)9-7-14/h3-10H,11-12H2,1-2H3/t21-/m1/s1. The van der Waals surface area contributed by atoms with E-state index >= 15 is 0 Å². The number of ether oxygens (including phenoxy) is 1. The first-order chi connectivity index (χ1) is 12.4. The van der Waals surface area contributed by atoms with Crippen molar-refractivity contribution >= 4 is 17.8 Å². The number of hydrogen-bond donors (Lipinski definition) is 0. The molecule has 0 aliphatic heterocycles. The predicted molar refractivity (Wildman–Crippen MR) is 93.4 cm³/mol. The fourth-order valence-electron chi connectivity index (χ4n) is 3.53. The molecule has 134 valence electrons. The maximum Gasteiger partial charge on any atom is 0.317 e. The summed E-state index contributed by atoms with van der Waals surface area (Å²) in [5, 5.41) is 0. The van der Waals surface area contributed by atoms with E-state index in [0.29, 0.717) is 22.3 Å². The molecule has 5 heteroatoms. The lowest BCUT2D eigenvalue weighted by molar-refractivity contribution is -0.148. The summed E-state index contributed by atoms with van der Waals surface area (Å²) in [5.74, 6) is -1.58. The Morgan fingerprint density at radius 3 is 2.46 bits per heavy atom. The summed E-state index contributed by atoms with van der Waals surface area (Å²) in [7, 11) is 1.25. The van der Waals surface area contributed by atoms with Gasteiger partial charge in [0, 0.05) is 6.42 Å². The van der Waals surface area contributed by atoms with E-state index in [4.69, 9.17) is 4.74 Å². The first kappa shape index (κ1) is 18.0. The Balaban J connectivity index is 2.08. The Labute approximate surface area is 150 Å². The molecule has 0 spiro atoms. The number of allylic oxidation sites excluding steroid dienone is 1. The molecule has 1 atom stereocenters. The molecule has 0 heterocycles. The van der Waals surface area contributed by atoms with Crippen LogP contribution >= 0.6 is 0 Å². The van der Waals surface area contributed by atoms with Gasteiger partial charge in [0.05, 0.1) is 7.11 Å². The Morgan fingerprint density at radius 1 is 1.12 bits per heavy atom. The van der Waals surface area contributed by atoms with Crippen LogP contribution in [-0.4, -0.2) is 18.9 Å². The Bertz CT molecular complexity index is 900. The van der Waals surface area contributed by atoms with Crippen LogP contribution in [0.1, 0.15) is 29.5 Å². The third-order valence-corrected chi connectivity index (χ3v) is 4.88. The number of Topliss-reactive ketones (excluding diaryl/α,β-unsaturated/α-hetero) is 1. The van der Waals surface area contributed by atoms with Gasteiger partial charge in [0.1, 0.15) is 17.0 Å². The lowest BCUT2D eigenvalue weighted by Gasteiger charge is -2.27. The maximum atomic E-state index is 14.1. The summed E-state index contributed by atoms with van der Waals surface area (Å²) in [6.45, 7) is 1.58. The highest BCUT2D eigenvalue weighted by molar-refractivity contribution is 6.08. The van der Waals surface area contributed by atoms with Gasteiger partial charge >= 0.3 is 5.97 Å². The van der Waals surface area contributed by atoms with Crippen LogP contribution in [0.5, 0.6) is 0 Å². The second-order valence-corrected chi connectivity index (χ2v) is 6.48. The molecule has 2 aromatic rings. The lowest BCUT2D eigenvalue weighted by atomic mass is 9.76. The zero-order valence-corrected chi connectivity index (χ0v) is 14.5. The van der Waals surface area contributed by atoms with Crippen molar-refractivity contribution in [3.63, 3.8) is 0 Å². The first-order valence-electron chi connectivity index (χ1n) is 8.21. The van der Waals surface area contributed by atoms with Gasteiger partial charge in [-0.15, -0.1) is 0 Å². The summed E-state index contributed by atoms with van der Waals surface area (Å²) in [4.78, 5) is 25.2. The van der Waals surface area contributed by atoms with Crippen molar-refractivity contribution in [2.75, 3.05) is 7.11 Å². The Kier molecular flexibility index (Phi) is 4.72. The topological polar surface area (TPSA) is 43.4 Å². The van der Waals surface area contributed by atoms with Gasteiger partial charge in [0.2, 0.25) is 0 Å². The van der Waals surface area contributed by atoms with Gasteiger partial charge in [0.15, 0.2) is 5.78 Å². The van der Waals surface area contributed by atoms with Crippen molar-refractivity contribution in [3.8, 4) is 0 Å². The number of halogens is 2. The molecule has 0 amide bonds. The highest BCUT2D eigenvalue weighted by Gasteiger charge is 2.50. The summed E-state index contributed by atoms with van der Waals surface area (Å²) >= 11 is 0. The SMILES string of the molecule is COC(=O)[C@@]1(c2cccc(F)c2C)CC(=O)C(=Cc2ccc(F)cc2)C1. The van der Waals surface area contributed by atoms with Crippen LogP contribution in [0.2, 0.25) is 0 Å². The fourth-order valence-corrected chi connectivity index (χ4v) is 3.53. The highest BCUT2D eigenvalue weighted by atomic mass is 19.1. The molecule has 0 N–H and O–H groups in total. The third kappa shape index (κ3) is 3.05. The van der Waals surface area contributed by atoms with Gasteiger partial charge in [-0.05, 0) is 59.9 Å². The minimum Gasteiger partial charge on any atom is -0.468 e. The molecule has 0 radical (unpaired) electrons. The van der Waals surface area contributed by atoms with Crippen molar-refractivity contribution in [1.29, 1.82) is 0 Å². The van der Waals surface area contributed by atoms with E-state index in [1.165, 1.54) is 31.4 Å². The van der Waals surface area contributed by atoms with Crippen LogP contribution in [0.15, 0.2) is 48.0 Å². The highest BCUT2D eigenvalue weighted by Crippen LogP contribution is 2.45. The van der Waals surface area contributed by atoms with Crippen LogP contribution in [0.3, 0.4) is 0 Å². The third-order valence-electron chi connectivity index (χ3n) is 4.88. The fraction of sp³-hybridized carbons (Fsp3) is 0.238. The number of benzene rings is 2. The summed E-state index contributed by atoms with van der Waals surface area (Å²) < 4.78 is 32.1. The molecular formula is C21H18F2O3. The quantitative estimate of drug-likeness (QED) is 0.613. The molecule has 0 bridgehead atoms. The predicted octanol–water partition coefficient (Wildman–Crippen LogP) is 4.13. The van der Waals surface area contributed by atoms with E-state index < -0.39 is 17.2 Å². The van der Waals surface area contributed by atoms with Crippen molar-refractivity contribution in [3.05, 3.63) is 76.4 Å². The second-order valence-electron chi connectivity index (χ2n) is 6.48. The van der Waals surface area contributed by atoms with Crippen LogP contribution < -0.4 is 0 Å². The minimum absolute atomic E-state index is 0.0863. The Hall–Kier alpha value is -2.82. The van der Waals surface area contributed by atoms with Crippen molar-refractivity contribution in [2.24, 2.45) is 0 Å². The largest absolute Gasteiger partial charge is 0.468 e. The zero-order chi connectivity index (χ0) is 18.9. The van der Waals surface area contributed by atoms with Crippen molar-refractivity contribution < 1.29 is 23.1 Å². The molecule has 1 fully saturated rings. The number of hydrogen-bond acceptors (Lipinski definition) is 3. The molecule has 1 aliphatic carbocycles. The van der Waals surface area contributed by atoms with E-state index in [0.717, 1.165) is 0 Å². The van der Waals surface area contributed by atoms with E-state index in [1.807, 2.05) is 0 Å². The molecule has 3 nitrogen and oxygen atoms in total. The van der Waals surface area contributed by atoms with Gasteiger partial charge in [-0.1, -0.05) is 24.3 Å². The van der Waals surface area contributed by atoms with Crippen molar-refractivity contribution in [1.82, 2.24) is 0 Å². The molecule has 0 unspecified atom stereocenters. The first-order valence-corrected chi connectivity index (χ1v) is 8.21. The van der Waals surface area contributed by atoms with Gasteiger partial charge in [0.25, 0.3) is 0 Å². The van der Waals surface area contributed by atoms with Crippen LogP contribution in [-0.2, 0) is 19.7 Å². The summed E-state index contributed by atoms with van der Waals surface area (Å²) in [6.07, 6.45) is 1.66. The molecule has 2 aromatic carbocycles. The maximum absolute atomic E-state index is 14.1. The monoisotopic (exact) mass is 356 g/mol. The Morgan fingerprint density at radius 2 is 1.81 bits per heavy atom. The van der Waals surface area contributed by atoms with Gasteiger partial charge < -0.3 is 4.74 Å². The smallest absolute Gasteiger partial charge is 0.317 e. The van der Waals surface area contributed by atoms with Crippen LogP contribution in [0.25, 0.3) is 6.08 Å². The van der Waals surface area contributed by atoms with E-state index in [9.17, 15) is 18.4 Å². The zero-order valence-electron chi connectivity index (χ0n) is 14.5. The summed E-state index contributed by atoms with van der Waals surface area (Å²) in [6, 6.07) is 10.2. The number of methoxy groups -OCH3 is 1. The lowest BCUT2D eigenvalue weighted by Crippen LogP contribution is -2.35. The van der Waals surface area contributed by atoms with E-state index in [1.54, 1.807) is 31.2 Å². The number of esters is 1. The number of carbonyl (C=O) groups excluding carboxylic acids is 2. The summed E-state index contributed by atoms with van der Waals surface area (Å²) in [5.41, 5.74) is 0.634. The number of rotatable bonds is 3. The van der Waals surface area contributed by atoms with Gasteiger partial charge in [-0.25, -0.2) is 8.78 Å². The molecular weight excluding hydrogens is 338 g/mol. The average molecular weight is 356 g/mol. The van der Waals surface area contributed by atoms with Gasteiger partial charge in [-0.3, -0.25) is 9.59 Å². The molecule has 1 aliphatic rings. The number of carbonyl (C=O) groups is 2. The average Bonchev–Trinajstić information content (AvgIpc) is 2.96. The molecule has 26 heavy (non-hydrogen) atoms. The van der Waals surface area contributed by atoms with Gasteiger partial charge in [-0.2, -0.15) is 0 Å². The van der Waals surface area contributed by atoms with Crippen LogP contribution in [0.4, 0.5) is 8.78 Å². The molecule has 3 rings (SSSR count). The van der Waals surface area contributed by atoms with E-state index in [2.05, 4.69) is 0 Å². The number of ketones is 1. The molecule has 1 saturated carbocycles. The normalized spacial score (nSPS) is 21.2. The minimum atomic E-state index is -1.25. The van der Waals surface area contributed by atoms with Crippen LogP contribution in [0, 0.1) is 18.6 Å². The van der Waals surface area contributed by atoms with E-state index in [-0.39, 0.29) is 24.4 Å². The van der Waals surface area contributed by atoms with Crippen molar-refractivity contribution in [2.45, 2.75) is 25.2 Å². The molecule has 0 saturated heterocycles. The second kappa shape index (κ2) is 6.83. The molecule has 0 aromatic heterocycles.